The molecule has 2 unspecified atom stereocenters. The first-order chi connectivity index (χ1) is 10.7. The second-order valence-electron chi connectivity index (χ2n) is 6.41. The Kier molecular flexibility index (Phi) is 3.59. The average Bonchev–Trinajstić information content (AvgIpc) is 2.70. The van der Waals surface area contributed by atoms with Crippen molar-refractivity contribution >= 4 is 17.3 Å². The highest BCUT2D eigenvalue weighted by Crippen LogP contribution is 2.45. The fourth-order valence-electron chi connectivity index (χ4n) is 4.02. The number of benzene rings is 2. The molecule has 22 heavy (non-hydrogen) atoms. The lowest BCUT2D eigenvalue weighted by Gasteiger charge is -2.19. The Balaban J connectivity index is 1.84. The van der Waals surface area contributed by atoms with Crippen molar-refractivity contribution in [3.05, 3.63) is 52.5 Å². The van der Waals surface area contributed by atoms with E-state index in [2.05, 4.69) is 47.9 Å². The summed E-state index contributed by atoms with van der Waals surface area (Å²) in [6.45, 7) is 4.36. The van der Waals surface area contributed by atoms with Gasteiger partial charge < -0.3 is 10.6 Å². The normalized spacial score (nSPS) is 23.4. The maximum Gasteiger partial charge on any atom is 0.0409 e. The number of fused-ring (bicyclic) bond motifs is 3. The van der Waals surface area contributed by atoms with Crippen LogP contribution < -0.4 is 10.6 Å². The number of nitrogens with one attached hydrogen (secondary N) is 2. The molecule has 0 bridgehead atoms. The van der Waals surface area contributed by atoms with Crippen molar-refractivity contribution < 1.29 is 0 Å². The second kappa shape index (κ2) is 5.60. The number of hydrogen-bond donors (Lipinski definition) is 2. The van der Waals surface area contributed by atoms with Crippen LogP contribution in [0.15, 0.2) is 36.4 Å². The van der Waals surface area contributed by atoms with Crippen molar-refractivity contribution in [2.24, 2.45) is 0 Å². The Labute approximate surface area is 136 Å². The Morgan fingerprint density at radius 1 is 1.05 bits per heavy atom. The maximum absolute atomic E-state index is 6.13. The molecule has 1 fully saturated rings. The summed E-state index contributed by atoms with van der Waals surface area (Å²) in [5, 5.41) is 8.09. The van der Waals surface area contributed by atoms with Crippen LogP contribution in [-0.4, -0.2) is 19.1 Å². The van der Waals surface area contributed by atoms with Gasteiger partial charge in [0.2, 0.25) is 0 Å². The summed E-state index contributed by atoms with van der Waals surface area (Å²) < 4.78 is 0. The lowest BCUT2D eigenvalue weighted by Crippen LogP contribution is -2.21. The van der Waals surface area contributed by atoms with Crippen LogP contribution in [0.1, 0.15) is 29.9 Å². The van der Waals surface area contributed by atoms with Crippen LogP contribution in [0.25, 0.3) is 11.1 Å². The van der Waals surface area contributed by atoms with Gasteiger partial charge >= 0.3 is 0 Å². The van der Waals surface area contributed by atoms with Crippen molar-refractivity contribution in [2.45, 2.75) is 31.7 Å². The van der Waals surface area contributed by atoms with Crippen molar-refractivity contribution in [3.63, 3.8) is 0 Å². The number of aryl methyl sites for hydroxylation is 1. The number of halogens is 1. The Morgan fingerprint density at radius 2 is 1.91 bits per heavy atom. The van der Waals surface area contributed by atoms with Crippen LogP contribution in [0.4, 0.5) is 5.69 Å². The molecule has 3 heteroatoms. The molecule has 4 rings (SSSR count). The highest BCUT2D eigenvalue weighted by Gasteiger charge is 2.34. The predicted molar refractivity (Wildman–Crippen MR) is 93.9 cm³/mol. The van der Waals surface area contributed by atoms with Crippen LogP contribution in [-0.2, 0) is 0 Å². The molecule has 0 radical (unpaired) electrons. The van der Waals surface area contributed by atoms with Gasteiger partial charge in [-0.3, -0.25) is 0 Å². The fraction of sp³-hybridized carbons (Fsp3) is 0.368. The number of hydrogen-bond acceptors (Lipinski definition) is 2. The van der Waals surface area contributed by atoms with Gasteiger partial charge in [0.25, 0.3) is 0 Å². The molecule has 0 saturated carbocycles. The molecule has 1 saturated heterocycles. The minimum atomic E-state index is 0.568. The minimum Gasteiger partial charge on any atom is -0.381 e. The number of rotatable bonds is 1. The third-order valence-electron chi connectivity index (χ3n) is 5.05. The molecule has 2 atom stereocenters. The topological polar surface area (TPSA) is 24.1 Å². The summed E-state index contributed by atoms with van der Waals surface area (Å²) in [5.41, 5.74) is 6.75. The highest BCUT2D eigenvalue weighted by molar-refractivity contribution is 6.30. The van der Waals surface area contributed by atoms with E-state index in [4.69, 9.17) is 11.6 Å². The van der Waals surface area contributed by atoms with Crippen molar-refractivity contribution in [3.8, 4) is 11.1 Å². The molecule has 2 aliphatic rings. The molecule has 0 aliphatic carbocycles. The first-order valence-electron chi connectivity index (χ1n) is 8.11. The van der Waals surface area contributed by atoms with Crippen molar-refractivity contribution in [1.82, 2.24) is 5.32 Å². The molecule has 0 amide bonds. The molecule has 2 heterocycles. The molecule has 114 valence electrons. The average molecular weight is 313 g/mol. The highest BCUT2D eigenvalue weighted by atomic mass is 35.5. The Morgan fingerprint density at radius 3 is 2.77 bits per heavy atom. The zero-order chi connectivity index (χ0) is 15.1. The van der Waals surface area contributed by atoms with E-state index in [1.54, 1.807) is 0 Å². The van der Waals surface area contributed by atoms with Crippen LogP contribution in [0, 0.1) is 6.92 Å². The van der Waals surface area contributed by atoms with Crippen LogP contribution in [0.3, 0.4) is 0 Å². The third-order valence-corrected chi connectivity index (χ3v) is 5.28. The van der Waals surface area contributed by atoms with Crippen LogP contribution in [0.5, 0.6) is 0 Å². The first-order valence-corrected chi connectivity index (χ1v) is 8.48. The molecule has 0 aromatic heterocycles. The molecule has 2 aromatic rings. The van der Waals surface area contributed by atoms with Crippen molar-refractivity contribution in [2.75, 3.05) is 18.4 Å². The van der Waals surface area contributed by atoms with Gasteiger partial charge in [0.1, 0.15) is 0 Å². The Bertz CT molecular complexity index is 711. The van der Waals surface area contributed by atoms with Gasteiger partial charge in [-0.25, -0.2) is 0 Å². The second-order valence-corrected chi connectivity index (χ2v) is 6.85. The van der Waals surface area contributed by atoms with Gasteiger partial charge in [0, 0.05) is 22.7 Å². The molecular weight excluding hydrogens is 292 g/mol. The summed E-state index contributed by atoms with van der Waals surface area (Å²) in [6, 6.07) is 13.4. The van der Waals surface area contributed by atoms with E-state index in [1.807, 2.05) is 6.07 Å². The van der Waals surface area contributed by atoms with E-state index < -0.39 is 0 Å². The van der Waals surface area contributed by atoms with E-state index in [1.165, 1.54) is 40.8 Å². The summed E-state index contributed by atoms with van der Waals surface area (Å²) in [5.74, 6) is 0.608. The predicted octanol–water partition coefficient (Wildman–Crippen LogP) is 4.58. The van der Waals surface area contributed by atoms with Crippen LogP contribution >= 0.6 is 11.6 Å². The molecular formula is C19H21ClN2. The summed E-state index contributed by atoms with van der Waals surface area (Å²) in [7, 11) is 0. The first kappa shape index (κ1) is 14.1. The quantitative estimate of drug-likeness (QED) is 0.805. The van der Waals surface area contributed by atoms with Gasteiger partial charge in [0.15, 0.2) is 0 Å². The summed E-state index contributed by atoms with van der Waals surface area (Å²) >= 11 is 6.13. The minimum absolute atomic E-state index is 0.568. The van der Waals surface area contributed by atoms with Crippen LogP contribution in [0.2, 0.25) is 5.02 Å². The zero-order valence-electron chi connectivity index (χ0n) is 12.8. The standard InChI is InChI=1S/C19H21ClN2/c1-12-11-13(20)5-6-14(12)15-3-2-4-18-19(15)16-7-9-21-10-8-17(16)22-18/h2-6,11,16-17,21-22H,7-10H2,1H3. The van der Waals surface area contributed by atoms with Gasteiger partial charge in [0.05, 0.1) is 0 Å². The van der Waals surface area contributed by atoms with E-state index in [9.17, 15) is 0 Å². The third kappa shape index (κ3) is 2.31. The fourth-order valence-corrected chi connectivity index (χ4v) is 4.24. The van der Waals surface area contributed by atoms with Gasteiger partial charge in [-0.05, 0) is 73.3 Å². The summed E-state index contributed by atoms with van der Waals surface area (Å²) in [6.07, 6.45) is 2.40. The molecule has 2 aromatic carbocycles. The maximum atomic E-state index is 6.13. The molecule has 2 nitrogen and oxygen atoms in total. The van der Waals surface area contributed by atoms with E-state index in [0.29, 0.717) is 12.0 Å². The van der Waals surface area contributed by atoms with E-state index in [-0.39, 0.29) is 0 Å². The molecule has 2 N–H and O–H groups in total. The van der Waals surface area contributed by atoms with E-state index >= 15 is 0 Å². The summed E-state index contributed by atoms with van der Waals surface area (Å²) in [4.78, 5) is 0. The molecule has 2 aliphatic heterocycles. The lowest BCUT2D eigenvalue weighted by atomic mass is 9.85. The Hall–Kier alpha value is -1.51. The van der Waals surface area contributed by atoms with Gasteiger partial charge in [-0.2, -0.15) is 0 Å². The van der Waals surface area contributed by atoms with Gasteiger partial charge in [-0.15, -0.1) is 0 Å². The van der Waals surface area contributed by atoms with Gasteiger partial charge in [-0.1, -0.05) is 29.8 Å². The lowest BCUT2D eigenvalue weighted by molar-refractivity contribution is 0.579. The smallest absolute Gasteiger partial charge is 0.0409 e. The monoisotopic (exact) mass is 312 g/mol. The van der Waals surface area contributed by atoms with E-state index in [0.717, 1.165) is 18.1 Å². The number of anilines is 1. The largest absolute Gasteiger partial charge is 0.381 e. The zero-order valence-corrected chi connectivity index (χ0v) is 13.6. The molecule has 0 spiro atoms. The SMILES string of the molecule is Cc1cc(Cl)ccc1-c1cccc2c1C1CCNCCC1N2. The van der Waals surface area contributed by atoms with Crippen molar-refractivity contribution in [1.29, 1.82) is 0 Å².